The average molecular weight is 319 g/mol. The van der Waals surface area contributed by atoms with Gasteiger partial charge in [0.1, 0.15) is 17.2 Å². The Bertz CT molecular complexity index is 783. The van der Waals surface area contributed by atoms with E-state index in [-0.39, 0.29) is 0 Å². The highest BCUT2D eigenvalue weighted by molar-refractivity contribution is 5.72. The Hall–Kier alpha value is -2.78. The molecule has 0 amide bonds. The van der Waals surface area contributed by atoms with Crippen LogP contribution in [0, 0.1) is 0 Å². The van der Waals surface area contributed by atoms with Gasteiger partial charge in [-0.05, 0) is 54.4 Å². The molecule has 0 aliphatic heterocycles. The predicted molar refractivity (Wildman–Crippen MR) is 97.7 cm³/mol. The van der Waals surface area contributed by atoms with E-state index in [1.807, 2.05) is 60.7 Å². The molecule has 3 aromatic rings. The van der Waals surface area contributed by atoms with E-state index in [1.165, 1.54) is 5.56 Å². The molecule has 0 unspecified atom stereocenters. The van der Waals surface area contributed by atoms with Crippen molar-refractivity contribution < 1.29 is 9.47 Å². The summed E-state index contributed by atoms with van der Waals surface area (Å²) in [5.41, 5.74) is 8.90. The number of methoxy groups -OCH3 is 1. The van der Waals surface area contributed by atoms with E-state index < -0.39 is 0 Å². The van der Waals surface area contributed by atoms with Crippen molar-refractivity contribution in [1.82, 2.24) is 0 Å². The van der Waals surface area contributed by atoms with Crippen molar-refractivity contribution in [2.75, 3.05) is 13.7 Å². The van der Waals surface area contributed by atoms with Crippen molar-refractivity contribution in [2.24, 2.45) is 5.73 Å². The van der Waals surface area contributed by atoms with Gasteiger partial charge in [0.25, 0.3) is 0 Å². The summed E-state index contributed by atoms with van der Waals surface area (Å²) in [4.78, 5) is 0. The van der Waals surface area contributed by atoms with Crippen molar-refractivity contribution in [2.45, 2.75) is 6.42 Å². The van der Waals surface area contributed by atoms with Crippen molar-refractivity contribution >= 4 is 0 Å². The second-order valence-electron chi connectivity index (χ2n) is 5.51. The quantitative estimate of drug-likeness (QED) is 0.719. The van der Waals surface area contributed by atoms with Crippen LogP contribution in [0.15, 0.2) is 72.8 Å². The van der Waals surface area contributed by atoms with E-state index >= 15 is 0 Å². The van der Waals surface area contributed by atoms with Crippen LogP contribution in [0.4, 0.5) is 0 Å². The molecule has 122 valence electrons. The molecular weight excluding hydrogens is 298 g/mol. The third-order valence-electron chi connectivity index (χ3n) is 3.85. The van der Waals surface area contributed by atoms with Gasteiger partial charge in [0.05, 0.1) is 7.11 Å². The molecule has 24 heavy (non-hydrogen) atoms. The van der Waals surface area contributed by atoms with Crippen LogP contribution < -0.4 is 15.2 Å². The van der Waals surface area contributed by atoms with Crippen molar-refractivity contribution in [3.05, 3.63) is 78.4 Å². The first-order valence-electron chi connectivity index (χ1n) is 8.00. The maximum Gasteiger partial charge on any atom is 0.128 e. The van der Waals surface area contributed by atoms with Crippen LogP contribution in [0.5, 0.6) is 17.2 Å². The van der Waals surface area contributed by atoms with E-state index in [2.05, 4.69) is 12.1 Å². The summed E-state index contributed by atoms with van der Waals surface area (Å²) < 4.78 is 11.5. The third-order valence-corrected chi connectivity index (χ3v) is 3.85. The zero-order chi connectivity index (χ0) is 16.8. The Morgan fingerprint density at radius 3 is 2.21 bits per heavy atom. The predicted octanol–water partition coefficient (Wildman–Crippen LogP) is 4.66. The third kappa shape index (κ3) is 3.76. The lowest BCUT2D eigenvalue weighted by Crippen LogP contribution is -2.02. The molecule has 0 fully saturated rings. The van der Waals surface area contributed by atoms with Crippen LogP contribution >= 0.6 is 0 Å². The van der Waals surface area contributed by atoms with Crippen LogP contribution in [0.2, 0.25) is 0 Å². The molecule has 0 saturated heterocycles. The first-order chi connectivity index (χ1) is 11.8. The van der Waals surface area contributed by atoms with E-state index in [9.17, 15) is 0 Å². The largest absolute Gasteiger partial charge is 0.496 e. The number of hydrogen-bond acceptors (Lipinski definition) is 3. The highest BCUT2D eigenvalue weighted by Crippen LogP contribution is 2.34. The fraction of sp³-hybridized carbons (Fsp3) is 0.143. The Morgan fingerprint density at radius 1 is 0.833 bits per heavy atom. The van der Waals surface area contributed by atoms with Gasteiger partial charge >= 0.3 is 0 Å². The van der Waals surface area contributed by atoms with Crippen LogP contribution in [-0.4, -0.2) is 13.7 Å². The molecule has 3 heteroatoms. The molecule has 0 atom stereocenters. The smallest absolute Gasteiger partial charge is 0.128 e. The van der Waals surface area contributed by atoms with Gasteiger partial charge in [-0.2, -0.15) is 0 Å². The number of ether oxygens (including phenoxy) is 2. The molecule has 3 aromatic carbocycles. The van der Waals surface area contributed by atoms with Crippen molar-refractivity contribution in [3.63, 3.8) is 0 Å². The van der Waals surface area contributed by atoms with Gasteiger partial charge < -0.3 is 15.2 Å². The van der Waals surface area contributed by atoms with Crippen LogP contribution in [0.25, 0.3) is 11.1 Å². The minimum atomic E-state index is 0.652. The molecule has 0 bridgehead atoms. The fourth-order valence-electron chi connectivity index (χ4n) is 2.62. The summed E-state index contributed by atoms with van der Waals surface area (Å²) in [6.07, 6.45) is 0.876. The summed E-state index contributed by atoms with van der Waals surface area (Å²) in [7, 11) is 1.68. The molecule has 0 spiro atoms. The van der Waals surface area contributed by atoms with Gasteiger partial charge in [-0.15, -0.1) is 0 Å². The molecule has 0 aliphatic rings. The Labute approximate surface area is 142 Å². The minimum absolute atomic E-state index is 0.652. The molecule has 3 nitrogen and oxygen atoms in total. The highest BCUT2D eigenvalue weighted by atomic mass is 16.5. The van der Waals surface area contributed by atoms with Crippen LogP contribution in [0.3, 0.4) is 0 Å². The van der Waals surface area contributed by atoms with Crippen molar-refractivity contribution in [3.8, 4) is 28.4 Å². The lowest BCUT2D eigenvalue weighted by atomic mass is 10.0. The maximum atomic E-state index is 5.99. The average Bonchev–Trinajstić information content (AvgIpc) is 2.64. The number of benzene rings is 3. The SMILES string of the molecule is COc1ccc(Oc2ccc(CCN)cc2)cc1-c1ccccc1. The summed E-state index contributed by atoms with van der Waals surface area (Å²) in [6, 6.07) is 24.0. The standard InChI is InChI=1S/C21H21NO2/c1-23-21-12-11-19(15-20(21)17-5-3-2-4-6-17)24-18-9-7-16(8-10-18)13-14-22/h2-12,15H,13-14,22H2,1H3. The maximum absolute atomic E-state index is 5.99. The molecule has 0 radical (unpaired) electrons. The number of rotatable bonds is 6. The topological polar surface area (TPSA) is 44.5 Å². The minimum Gasteiger partial charge on any atom is -0.496 e. The zero-order valence-corrected chi connectivity index (χ0v) is 13.7. The molecule has 0 saturated carbocycles. The molecule has 2 N–H and O–H groups in total. The second kappa shape index (κ2) is 7.66. The Balaban J connectivity index is 1.86. The van der Waals surface area contributed by atoms with Gasteiger partial charge in [0, 0.05) is 5.56 Å². The van der Waals surface area contributed by atoms with E-state index in [0.29, 0.717) is 6.54 Å². The lowest BCUT2D eigenvalue weighted by molar-refractivity contribution is 0.414. The van der Waals surface area contributed by atoms with Gasteiger partial charge in [0.15, 0.2) is 0 Å². The first kappa shape index (κ1) is 16.1. The zero-order valence-electron chi connectivity index (χ0n) is 13.7. The summed E-state index contributed by atoms with van der Waals surface area (Å²) >= 11 is 0. The van der Waals surface area contributed by atoms with Crippen molar-refractivity contribution in [1.29, 1.82) is 0 Å². The molecular formula is C21H21NO2. The molecule has 0 heterocycles. The summed E-state index contributed by atoms with van der Waals surface area (Å²) in [5.74, 6) is 2.41. The Morgan fingerprint density at radius 2 is 1.54 bits per heavy atom. The number of nitrogens with two attached hydrogens (primary N) is 1. The first-order valence-corrected chi connectivity index (χ1v) is 8.00. The summed E-state index contributed by atoms with van der Waals surface area (Å²) in [5, 5.41) is 0. The Kier molecular flexibility index (Phi) is 5.14. The lowest BCUT2D eigenvalue weighted by Gasteiger charge is -2.12. The van der Waals surface area contributed by atoms with E-state index in [1.54, 1.807) is 7.11 Å². The second-order valence-corrected chi connectivity index (χ2v) is 5.51. The fourth-order valence-corrected chi connectivity index (χ4v) is 2.62. The van der Waals surface area contributed by atoms with E-state index in [0.717, 1.165) is 34.8 Å². The monoisotopic (exact) mass is 319 g/mol. The normalized spacial score (nSPS) is 10.4. The molecule has 0 aromatic heterocycles. The summed E-state index contributed by atoms with van der Waals surface area (Å²) in [6.45, 7) is 0.652. The van der Waals surface area contributed by atoms with E-state index in [4.69, 9.17) is 15.2 Å². The number of hydrogen-bond donors (Lipinski definition) is 1. The molecule has 0 aliphatic carbocycles. The van der Waals surface area contributed by atoms with Gasteiger partial charge in [-0.1, -0.05) is 42.5 Å². The van der Waals surface area contributed by atoms with Crippen LogP contribution in [0.1, 0.15) is 5.56 Å². The van der Waals surface area contributed by atoms with Gasteiger partial charge in [0.2, 0.25) is 0 Å². The highest BCUT2D eigenvalue weighted by Gasteiger charge is 2.08. The molecule has 3 rings (SSSR count). The van der Waals surface area contributed by atoms with Gasteiger partial charge in [-0.25, -0.2) is 0 Å². The van der Waals surface area contributed by atoms with Gasteiger partial charge in [-0.3, -0.25) is 0 Å². The van der Waals surface area contributed by atoms with Crippen LogP contribution in [-0.2, 0) is 6.42 Å².